The van der Waals surface area contributed by atoms with Gasteiger partial charge in [0.25, 0.3) is 5.91 Å². The van der Waals surface area contributed by atoms with Crippen molar-refractivity contribution in [2.45, 2.75) is 69.5 Å². The number of unbranched alkanes of at least 4 members (excludes halogenated alkanes) is 1. The molecule has 1 fully saturated rings. The van der Waals surface area contributed by atoms with E-state index in [-0.39, 0.29) is 23.8 Å². The van der Waals surface area contributed by atoms with Crippen molar-refractivity contribution < 1.29 is 27.9 Å². The minimum absolute atomic E-state index is 0.0239. The number of halogens is 3. The number of carboxylic acid groups (broad SMARTS) is 1. The van der Waals surface area contributed by atoms with Crippen LogP contribution < -0.4 is 5.32 Å². The summed E-state index contributed by atoms with van der Waals surface area (Å²) in [5.41, 5.74) is 1.61. The fourth-order valence-electron chi connectivity index (χ4n) is 6.06. The highest BCUT2D eigenvalue weighted by atomic mass is 19.4. The van der Waals surface area contributed by atoms with E-state index in [4.69, 9.17) is 0 Å². The highest BCUT2D eigenvalue weighted by Gasteiger charge is 2.33. The van der Waals surface area contributed by atoms with Gasteiger partial charge in [0.1, 0.15) is 0 Å². The second-order valence-electron chi connectivity index (χ2n) is 11.2. The number of rotatable bonds is 12. The molecular formula is C34H39F3N2O3. The molecule has 8 heteroatoms. The van der Waals surface area contributed by atoms with Gasteiger partial charge in [-0.15, -0.1) is 0 Å². The molecule has 1 unspecified atom stereocenters. The molecule has 1 aliphatic heterocycles. The molecule has 0 saturated carbocycles. The van der Waals surface area contributed by atoms with Gasteiger partial charge in [-0.25, -0.2) is 0 Å². The Morgan fingerprint density at radius 2 is 1.52 bits per heavy atom. The first-order valence-corrected chi connectivity index (χ1v) is 14.7. The maximum Gasteiger partial charge on any atom is 0.416 e. The molecule has 0 aromatic heterocycles. The van der Waals surface area contributed by atoms with E-state index < -0.39 is 17.7 Å². The van der Waals surface area contributed by atoms with E-state index in [1.807, 2.05) is 30.3 Å². The highest BCUT2D eigenvalue weighted by Crippen LogP contribution is 2.37. The molecular weight excluding hydrogens is 541 g/mol. The first-order valence-electron chi connectivity index (χ1n) is 14.7. The zero-order chi connectivity index (χ0) is 30.2. The second kappa shape index (κ2) is 14.0. The number of piperidine rings is 1. The van der Waals surface area contributed by atoms with Crippen LogP contribution in [0, 0.1) is 0 Å². The summed E-state index contributed by atoms with van der Waals surface area (Å²) in [5.74, 6) is -0.994. The van der Waals surface area contributed by atoms with Crippen LogP contribution in [0.15, 0.2) is 78.9 Å². The maximum atomic E-state index is 13.2. The van der Waals surface area contributed by atoms with E-state index in [1.54, 1.807) is 24.3 Å². The van der Waals surface area contributed by atoms with Crippen molar-refractivity contribution in [2.75, 3.05) is 19.6 Å². The summed E-state index contributed by atoms with van der Waals surface area (Å²) in [7, 11) is 0. The molecule has 3 aromatic rings. The summed E-state index contributed by atoms with van der Waals surface area (Å²) in [6.07, 6.45) is 0.861. The summed E-state index contributed by atoms with van der Waals surface area (Å²) >= 11 is 0. The monoisotopic (exact) mass is 580 g/mol. The second-order valence-corrected chi connectivity index (χ2v) is 11.2. The zero-order valence-electron chi connectivity index (χ0n) is 24.0. The minimum atomic E-state index is -4.41. The number of amides is 1. The third-order valence-corrected chi connectivity index (χ3v) is 8.55. The van der Waals surface area contributed by atoms with Gasteiger partial charge in [-0.2, -0.15) is 13.2 Å². The molecule has 1 saturated heterocycles. The number of aliphatic carboxylic acids is 1. The number of carbonyl (C=O) groups excluding carboxylic acids is 1. The Hall–Kier alpha value is -3.65. The van der Waals surface area contributed by atoms with Crippen LogP contribution >= 0.6 is 0 Å². The lowest BCUT2D eigenvalue weighted by Gasteiger charge is -2.34. The lowest BCUT2D eigenvalue weighted by Crippen LogP contribution is -2.45. The first kappa shape index (κ1) is 31.3. The van der Waals surface area contributed by atoms with Crippen molar-refractivity contribution in [1.82, 2.24) is 10.2 Å². The molecule has 0 bridgehead atoms. The summed E-state index contributed by atoms with van der Waals surface area (Å²) in [6, 6.07) is 21.8. The SMILES string of the molecule is CCC(CCCCN1CCC(NC(=O)c2ccccc2-c2ccc(C(F)(F)F)cc2)CC1)(CC(=O)O)c1ccccc1. The summed E-state index contributed by atoms with van der Waals surface area (Å²) in [6.45, 7) is 4.71. The van der Waals surface area contributed by atoms with Crippen molar-refractivity contribution in [3.05, 3.63) is 95.6 Å². The van der Waals surface area contributed by atoms with Crippen LogP contribution in [0.1, 0.15) is 73.4 Å². The molecule has 2 N–H and O–H groups in total. The van der Waals surface area contributed by atoms with E-state index in [1.165, 1.54) is 12.1 Å². The normalized spacial score (nSPS) is 16.1. The Morgan fingerprint density at radius 3 is 2.14 bits per heavy atom. The molecule has 0 spiro atoms. The zero-order valence-corrected chi connectivity index (χ0v) is 24.0. The van der Waals surface area contributed by atoms with E-state index in [0.717, 1.165) is 75.9 Å². The van der Waals surface area contributed by atoms with Gasteiger partial charge in [0.2, 0.25) is 0 Å². The van der Waals surface area contributed by atoms with Crippen molar-refractivity contribution in [2.24, 2.45) is 0 Å². The van der Waals surface area contributed by atoms with Gasteiger partial charge in [-0.3, -0.25) is 9.59 Å². The number of nitrogens with zero attached hydrogens (tertiary/aromatic N) is 1. The average molecular weight is 581 g/mol. The van der Waals surface area contributed by atoms with Crippen molar-refractivity contribution in [3.63, 3.8) is 0 Å². The topological polar surface area (TPSA) is 69.6 Å². The largest absolute Gasteiger partial charge is 0.481 e. The Bertz CT molecular complexity index is 1320. The number of hydrogen-bond donors (Lipinski definition) is 2. The molecule has 1 heterocycles. The fraction of sp³-hybridized carbons (Fsp3) is 0.412. The highest BCUT2D eigenvalue weighted by molar-refractivity contribution is 6.01. The van der Waals surface area contributed by atoms with Gasteiger partial charge in [0, 0.05) is 30.1 Å². The number of nitrogens with one attached hydrogen (secondary N) is 1. The van der Waals surface area contributed by atoms with Crippen LogP contribution in [0.5, 0.6) is 0 Å². The molecule has 1 atom stereocenters. The standard InChI is InChI=1S/C34H39F3N2O3/c1-2-33(24-31(40)41,26-10-4-3-5-11-26)20-8-9-21-39-22-18-28(19-23-39)38-32(42)30-13-7-6-12-29(30)25-14-16-27(17-15-25)34(35,36)37/h3-7,10-17,28H,2,8-9,18-24H2,1H3,(H,38,42)(H,40,41). The molecule has 42 heavy (non-hydrogen) atoms. The van der Waals surface area contributed by atoms with Crippen LogP contribution in [0.2, 0.25) is 0 Å². The minimum Gasteiger partial charge on any atom is -0.481 e. The van der Waals surface area contributed by atoms with Gasteiger partial charge in [0.05, 0.1) is 12.0 Å². The Morgan fingerprint density at radius 1 is 0.881 bits per heavy atom. The van der Waals surface area contributed by atoms with Gasteiger partial charge in [-0.1, -0.05) is 74.0 Å². The summed E-state index contributed by atoms with van der Waals surface area (Å²) in [5, 5.41) is 12.7. The Balaban J connectivity index is 1.27. The Kier molecular flexibility index (Phi) is 10.4. The molecule has 3 aromatic carbocycles. The number of carboxylic acids is 1. The van der Waals surface area contributed by atoms with Crippen LogP contribution in [-0.4, -0.2) is 47.6 Å². The lowest BCUT2D eigenvalue weighted by atomic mass is 9.72. The number of alkyl halides is 3. The lowest BCUT2D eigenvalue weighted by molar-refractivity contribution is -0.139. The quantitative estimate of drug-likeness (QED) is 0.217. The Labute approximate surface area is 245 Å². The predicted octanol–water partition coefficient (Wildman–Crippen LogP) is 7.56. The van der Waals surface area contributed by atoms with Gasteiger partial charge in [0.15, 0.2) is 0 Å². The van der Waals surface area contributed by atoms with Crippen molar-refractivity contribution in [3.8, 4) is 11.1 Å². The van der Waals surface area contributed by atoms with Crippen molar-refractivity contribution >= 4 is 11.9 Å². The van der Waals surface area contributed by atoms with E-state index in [0.29, 0.717) is 16.7 Å². The fourth-order valence-corrected chi connectivity index (χ4v) is 6.06. The van der Waals surface area contributed by atoms with Crippen LogP contribution in [0.4, 0.5) is 13.2 Å². The molecule has 5 nitrogen and oxygen atoms in total. The molecule has 224 valence electrons. The average Bonchev–Trinajstić information content (AvgIpc) is 2.99. The summed E-state index contributed by atoms with van der Waals surface area (Å²) < 4.78 is 39.0. The van der Waals surface area contributed by atoms with Crippen LogP contribution in [-0.2, 0) is 16.4 Å². The number of likely N-dealkylation sites (tertiary alicyclic amines) is 1. The maximum absolute atomic E-state index is 13.2. The smallest absolute Gasteiger partial charge is 0.416 e. The predicted molar refractivity (Wildman–Crippen MR) is 158 cm³/mol. The molecule has 1 amide bonds. The van der Waals surface area contributed by atoms with Crippen molar-refractivity contribution in [1.29, 1.82) is 0 Å². The third-order valence-electron chi connectivity index (χ3n) is 8.55. The number of carbonyl (C=O) groups is 2. The molecule has 4 rings (SSSR count). The van der Waals surface area contributed by atoms with E-state index >= 15 is 0 Å². The molecule has 0 aliphatic carbocycles. The molecule has 0 radical (unpaired) electrons. The molecule has 1 aliphatic rings. The summed E-state index contributed by atoms with van der Waals surface area (Å²) in [4.78, 5) is 27.3. The van der Waals surface area contributed by atoms with Gasteiger partial charge >= 0.3 is 12.1 Å². The van der Waals surface area contributed by atoms with E-state index in [9.17, 15) is 27.9 Å². The van der Waals surface area contributed by atoms with Gasteiger partial charge < -0.3 is 15.3 Å². The van der Waals surface area contributed by atoms with Crippen LogP contribution in [0.25, 0.3) is 11.1 Å². The van der Waals surface area contributed by atoms with Gasteiger partial charge in [-0.05, 0) is 73.5 Å². The third kappa shape index (κ3) is 8.00. The number of hydrogen-bond acceptors (Lipinski definition) is 3. The van der Waals surface area contributed by atoms with Crippen LogP contribution in [0.3, 0.4) is 0 Å². The number of benzene rings is 3. The first-order chi connectivity index (χ1) is 20.1. The van der Waals surface area contributed by atoms with E-state index in [2.05, 4.69) is 17.1 Å².